The van der Waals surface area contributed by atoms with Crippen molar-refractivity contribution in [2.75, 3.05) is 18.8 Å². The predicted octanol–water partition coefficient (Wildman–Crippen LogP) is 3.35. The zero-order chi connectivity index (χ0) is 21.1. The van der Waals surface area contributed by atoms with Gasteiger partial charge in [-0.3, -0.25) is 0 Å². The molecule has 8 heteroatoms. The molecule has 0 radical (unpaired) electrons. The number of hydrogen-bond acceptors (Lipinski definition) is 6. The number of ether oxygens (including phenoxy) is 1. The number of nitrogens with two attached hydrogens (primary N) is 1. The number of phenolic OH excluding ortho intramolecular Hbond substituents is 1. The number of aromatic nitrogens is 2. The van der Waals surface area contributed by atoms with Crippen LogP contribution in [-0.4, -0.2) is 50.6 Å². The first-order chi connectivity index (χ1) is 14.5. The van der Waals surface area contributed by atoms with E-state index >= 15 is 0 Å². The highest BCUT2D eigenvalue weighted by Crippen LogP contribution is 2.34. The standard InChI is InChI=1S/C22H22N4O4/c23-21-20(11-18(24-25-21)17-8-4-5-9-19(17)27)30-16-10-15(12-26(13-16)22(28)29)14-6-2-1-3-7-14/h1-9,11,15-16,27H,10,12-13H2,(H2,23,25)(H,28,29)/t15-,16+/m0/s1. The fourth-order valence-corrected chi connectivity index (χ4v) is 3.74. The molecule has 0 saturated carbocycles. The molecule has 4 rings (SSSR count). The number of nitrogen functional groups attached to an aromatic ring is 1. The number of aromatic hydroxyl groups is 1. The van der Waals surface area contributed by atoms with Crippen LogP contribution in [0, 0.1) is 0 Å². The van der Waals surface area contributed by atoms with Crippen molar-refractivity contribution in [2.45, 2.75) is 18.4 Å². The maximum Gasteiger partial charge on any atom is 0.407 e. The van der Waals surface area contributed by atoms with Gasteiger partial charge in [0, 0.05) is 24.1 Å². The van der Waals surface area contributed by atoms with Crippen molar-refractivity contribution in [3.63, 3.8) is 0 Å². The maximum atomic E-state index is 11.7. The summed E-state index contributed by atoms with van der Waals surface area (Å²) in [5.41, 5.74) is 7.96. The molecule has 154 valence electrons. The maximum absolute atomic E-state index is 11.7. The van der Waals surface area contributed by atoms with Crippen molar-refractivity contribution in [1.82, 2.24) is 15.1 Å². The van der Waals surface area contributed by atoms with Gasteiger partial charge in [-0.05, 0) is 24.1 Å². The molecule has 0 unspecified atom stereocenters. The van der Waals surface area contributed by atoms with Crippen LogP contribution in [0.1, 0.15) is 17.9 Å². The van der Waals surface area contributed by atoms with Crippen LogP contribution in [-0.2, 0) is 0 Å². The van der Waals surface area contributed by atoms with Crippen LogP contribution in [0.2, 0.25) is 0 Å². The molecule has 2 heterocycles. The van der Waals surface area contributed by atoms with Gasteiger partial charge in [0.25, 0.3) is 0 Å². The number of carbonyl (C=O) groups is 1. The van der Waals surface area contributed by atoms with E-state index in [1.165, 1.54) is 4.90 Å². The molecule has 1 amide bonds. The van der Waals surface area contributed by atoms with Gasteiger partial charge in [-0.25, -0.2) is 4.79 Å². The van der Waals surface area contributed by atoms with Crippen LogP contribution in [0.25, 0.3) is 11.3 Å². The lowest BCUT2D eigenvalue weighted by Gasteiger charge is -2.36. The number of phenols is 1. The van der Waals surface area contributed by atoms with Crippen LogP contribution in [0.5, 0.6) is 11.5 Å². The van der Waals surface area contributed by atoms with Crippen LogP contribution in [0.15, 0.2) is 60.7 Å². The van der Waals surface area contributed by atoms with E-state index in [2.05, 4.69) is 10.2 Å². The summed E-state index contributed by atoms with van der Waals surface area (Å²) in [5, 5.41) is 27.7. The van der Waals surface area contributed by atoms with Gasteiger partial charge in [0.05, 0.1) is 6.54 Å². The number of anilines is 1. The Morgan fingerprint density at radius 2 is 1.80 bits per heavy atom. The molecule has 1 fully saturated rings. The van der Waals surface area contributed by atoms with E-state index in [9.17, 15) is 15.0 Å². The molecule has 0 bridgehead atoms. The first-order valence-electron chi connectivity index (χ1n) is 9.62. The average Bonchev–Trinajstić information content (AvgIpc) is 2.76. The summed E-state index contributed by atoms with van der Waals surface area (Å²) in [5.74, 6) is 0.501. The number of amides is 1. The van der Waals surface area contributed by atoms with E-state index in [4.69, 9.17) is 10.5 Å². The van der Waals surface area contributed by atoms with Gasteiger partial charge in [-0.2, -0.15) is 0 Å². The van der Waals surface area contributed by atoms with Crippen molar-refractivity contribution < 1.29 is 19.7 Å². The fraction of sp³-hybridized carbons (Fsp3) is 0.227. The van der Waals surface area contributed by atoms with Crippen molar-refractivity contribution >= 4 is 11.9 Å². The monoisotopic (exact) mass is 406 g/mol. The topological polar surface area (TPSA) is 122 Å². The average molecular weight is 406 g/mol. The Morgan fingerprint density at radius 1 is 1.07 bits per heavy atom. The Kier molecular flexibility index (Phi) is 5.38. The van der Waals surface area contributed by atoms with E-state index in [1.807, 2.05) is 30.3 Å². The largest absolute Gasteiger partial charge is 0.507 e. The second-order valence-corrected chi connectivity index (χ2v) is 7.27. The molecule has 0 spiro atoms. The third-order valence-corrected chi connectivity index (χ3v) is 5.21. The molecular formula is C22H22N4O4. The smallest absolute Gasteiger partial charge is 0.407 e. The van der Waals surface area contributed by atoms with Crippen molar-refractivity contribution in [1.29, 1.82) is 0 Å². The molecule has 1 aliphatic heterocycles. The zero-order valence-electron chi connectivity index (χ0n) is 16.2. The number of hydrogen-bond donors (Lipinski definition) is 3. The van der Waals surface area contributed by atoms with Crippen LogP contribution in [0.3, 0.4) is 0 Å². The Hall–Kier alpha value is -3.81. The summed E-state index contributed by atoms with van der Waals surface area (Å²) < 4.78 is 6.11. The summed E-state index contributed by atoms with van der Waals surface area (Å²) in [4.78, 5) is 13.0. The minimum atomic E-state index is -0.986. The van der Waals surface area contributed by atoms with Gasteiger partial charge in [0.2, 0.25) is 0 Å². The van der Waals surface area contributed by atoms with Crippen molar-refractivity contribution in [3.05, 3.63) is 66.2 Å². The lowest BCUT2D eigenvalue weighted by Crippen LogP contribution is -2.47. The van der Waals surface area contributed by atoms with Crippen molar-refractivity contribution in [3.8, 4) is 22.8 Å². The number of likely N-dealkylation sites (tertiary alicyclic amines) is 1. The van der Waals surface area contributed by atoms with Gasteiger partial charge in [-0.15, -0.1) is 10.2 Å². The van der Waals surface area contributed by atoms with Gasteiger partial charge in [0.1, 0.15) is 17.5 Å². The zero-order valence-corrected chi connectivity index (χ0v) is 16.2. The van der Waals surface area contributed by atoms with Gasteiger partial charge >= 0.3 is 6.09 Å². The lowest BCUT2D eigenvalue weighted by atomic mass is 9.89. The number of piperidine rings is 1. The number of nitrogens with zero attached hydrogens (tertiary/aromatic N) is 3. The Labute approximate surface area is 173 Å². The Bertz CT molecular complexity index is 1040. The molecule has 8 nitrogen and oxygen atoms in total. The van der Waals surface area contributed by atoms with Crippen molar-refractivity contribution in [2.24, 2.45) is 0 Å². The molecule has 0 aliphatic carbocycles. The normalized spacial score (nSPS) is 18.7. The SMILES string of the molecule is Nc1nnc(-c2ccccc2O)cc1O[C@@H]1C[C@H](c2ccccc2)CN(C(=O)O)C1. The summed E-state index contributed by atoms with van der Waals surface area (Å²) in [6.45, 7) is 0.638. The summed E-state index contributed by atoms with van der Waals surface area (Å²) in [6.07, 6.45) is -0.745. The number of carboxylic acid groups (broad SMARTS) is 1. The lowest BCUT2D eigenvalue weighted by molar-refractivity contribution is 0.0699. The highest BCUT2D eigenvalue weighted by molar-refractivity contribution is 5.69. The predicted molar refractivity (Wildman–Crippen MR) is 111 cm³/mol. The van der Waals surface area contributed by atoms with E-state index < -0.39 is 12.2 Å². The minimum absolute atomic E-state index is 0.00899. The molecule has 3 aromatic rings. The number of benzene rings is 2. The molecule has 30 heavy (non-hydrogen) atoms. The van der Waals surface area contributed by atoms with E-state index in [-0.39, 0.29) is 24.0 Å². The quantitative estimate of drug-likeness (QED) is 0.607. The van der Waals surface area contributed by atoms with Crippen LogP contribution >= 0.6 is 0 Å². The van der Waals surface area contributed by atoms with Gasteiger partial charge in [-0.1, -0.05) is 42.5 Å². The summed E-state index contributed by atoms with van der Waals surface area (Å²) >= 11 is 0. The first-order valence-corrected chi connectivity index (χ1v) is 9.62. The summed E-state index contributed by atoms with van der Waals surface area (Å²) in [6, 6.07) is 18.2. The third kappa shape index (κ3) is 4.12. The fourth-order valence-electron chi connectivity index (χ4n) is 3.74. The Morgan fingerprint density at radius 3 is 2.53 bits per heavy atom. The van der Waals surface area contributed by atoms with Crippen LogP contribution < -0.4 is 10.5 Å². The number of rotatable bonds is 4. The minimum Gasteiger partial charge on any atom is -0.507 e. The second kappa shape index (κ2) is 8.28. The highest BCUT2D eigenvalue weighted by Gasteiger charge is 2.32. The molecule has 1 saturated heterocycles. The van der Waals surface area contributed by atoms with E-state index in [1.54, 1.807) is 30.3 Å². The van der Waals surface area contributed by atoms with Gasteiger partial charge in [0.15, 0.2) is 11.6 Å². The third-order valence-electron chi connectivity index (χ3n) is 5.21. The Balaban J connectivity index is 1.60. The highest BCUT2D eigenvalue weighted by atomic mass is 16.5. The van der Waals surface area contributed by atoms with E-state index in [0.29, 0.717) is 30.0 Å². The molecule has 2 atom stereocenters. The second-order valence-electron chi connectivity index (χ2n) is 7.27. The molecule has 1 aliphatic rings. The molecule has 2 aromatic carbocycles. The molecular weight excluding hydrogens is 384 g/mol. The number of para-hydroxylation sites is 1. The van der Waals surface area contributed by atoms with Crippen LogP contribution in [0.4, 0.5) is 10.6 Å². The summed E-state index contributed by atoms with van der Waals surface area (Å²) in [7, 11) is 0. The van der Waals surface area contributed by atoms with E-state index in [0.717, 1.165) is 5.56 Å². The molecule has 4 N–H and O–H groups in total. The first kappa shape index (κ1) is 19.5. The van der Waals surface area contributed by atoms with Gasteiger partial charge < -0.3 is 25.6 Å². The molecule has 1 aromatic heterocycles.